The number of aliphatic carboxylic acids is 1. The van der Waals surface area contributed by atoms with Crippen molar-refractivity contribution in [1.82, 2.24) is 10.6 Å². The predicted octanol–water partition coefficient (Wildman–Crippen LogP) is 3.53. The SMILES string of the molecule is CC(CNC(=O)OCC1c2ccccc2-c2ccccc21)C(=O)N[C@@H](CC1CC1)C(=O)O. The van der Waals surface area contributed by atoms with Gasteiger partial charge >= 0.3 is 12.1 Å². The van der Waals surface area contributed by atoms with Gasteiger partial charge in [0.05, 0.1) is 5.92 Å². The van der Waals surface area contributed by atoms with Crippen molar-refractivity contribution in [3.63, 3.8) is 0 Å². The molecule has 7 nitrogen and oxygen atoms in total. The lowest BCUT2D eigenvalue weighted by molar-refractivity contribution is -0.142. The Balaban J connectivity index is 1.27. The maximum absolute atomic E-state index is 12.3. The number of ether oxygens (including phenoxy) is 1. The summed E-state index contributed by atoms with van der Waals surface area (Å²) in [4.78, 5) is 36.0. The number of carboxylic acid groups (broad SMARTS) is 1. The summed E-state index contributed by atoms with van der Waals surface area (Å²) in [5, 5.41) is 14.5. The van der Waals surface area contributed by atoms with E-state index in [0.717, 1.165) is 35.1 Å². The molecule has 1 unspecified atom stereocenters. The summed E-state index contributed by atoms with van der Waals surface area (Å²) in [5.41, 5.74) is 4.57. The quantitative estimate of drug-likeness (QED) is 0.558. The summed E-state index contributed by atoms with van der Waals surface area (Å²) in [6, 6.07) is 15.3. The number of benzene rings is 2. The van der Waals surface area contributed by atoms with E-state index >= 15 is 0 Å². The molecule has 2 atom stereocenters. The molecule has 4 rings (SSSR count). The third-order valence-electron chi connectivity index (χ3n) is 6.22. The lowest BCUT2D eigenvalue weighted by atomic mass is 9.98. The first kappa shape index (κ1) is 21.9. The second-order valence-electron chi connectivity index (χ2n) is 8.69. The molecule has 2 aliphatic rings. The Morgan fingerprint density at radius 3 is 2.19 bits per heavy atom. The molecule has 7 heteroatoms. The normalized spacial score (nSPS) is 16.4. The molecule has 2 aromatic carbocycles. The molecule has 2 aromatic rings. The molecule has 3 N–H and O–H groups in total. The summed E-state index contributed by atoms with van der Waals surface area (Å²) in [6.45, 7) is 1.91. The Kier molecular flexibility index (Phi) is 6.44. The second kappa shape index (κ2) is 9.42. The summed E-state index contributed by atoms with van der Waals surface area (Å²) in [5.74, 6) is -1.64. The average molecular weight is 437 g/mol. The standard InChI is InChI=1S/C25H28N2O5/c1-15(23(28)27-22(24(29)30)12-16-10-11-16)13-26-25(31)32-14-21-19-8-4-2-6-17(19)18-7-3-5-9-20(18)21/h2-9,15-16,21-22H,10-14H2,1H3,(H,26,31)(H,27,28)(H,29,30)/t15?,22-/m0/s1. The molecular weight excluding hydrogens is 408 g/mol. The van der Waals surface area contributed by atoms with Crippen molar-refractivity contribution < 1.29 is 24.2 Å². The second-order valence-corrected chi connectivity index (χ2v) is 8.69. The van der Waals surface area contributed by atoms with Gasteiger partial charge in [-0.05, 0) is 34.6 Å². The van der Waals surface area contributed by atoms with Crippen molar-refractivity contribution in [2.24, 2.45) is 11.8 Å². The highest BCUT2D eigenvalue weighted by molar-refractivity contribution is 5.85. The zero-order valence-corrected chi connectivity index (χ0v) is 18.0. The van der Waals surface area contributed by atoms with Crippen LogP contribution in [0.25, 0.3) is 11.1 Å². The third kappa shape index (κ3) is 4.93. The van der Waals surface area contributed by atoms with Crippen LogP contribution in [0.4, 0.5) is 4.79 Å². The summed E-state index contributed by atoms with van der Waals surface area (Å²) >= 11 is 0. The smallest absolute Gasteiger partial charge is 0.407 e. The van der Waals surface area contributed by atoms with E-state index in [9.17, 15) is 19.5 Å². The number of carbonyl (C=O) groups excluding carboxylic acids is 2. The summed E-state index contributed by atoms with van der Waals surface area (Å²) in [6.07, 6.45) is 1.88. The fourth-order valence-electron chi connectivity index (χ4n) is 4.20. The van der Waals surface area contributed by atoms with Crippen molar-refractivity contribution in [3.05, 3.63) is 59.7 Å². The maximum atomic E-state index is 12.3. The van der Waals surface area contributed by atoms with Crippen molar-refractivity contribution in [2.75, 3.05) is 13.2 Å². The highest BCUT2D eigenvalue weighted by Gasteiger charge is 2.31. The van der Waals surface area contributed by atoms with Crippen LogP contribution < -0.4 is 10.6 Å². The Morgan fingerprint density at radius 2 is 1.62 bits per heavy atom. The van der Waals surface area contributed by atoms with Crippen LogP contribution in [0, 0.1) is 11.8 Å². The molecule has 32 heavy (non-hydrogen) atoms. The largest absolute Gasteiger partial charge is 0.480 e. The number of carboxylic acids is 1. The van der Waals surface area contributed by atoms with Crippen LogP contribution in [0.15, 0.2) is 48.5 Å². The summed E-state index contributed by atoms with van der Waals surface area (Å²) in [7, 11) is 0. The van der Waals surface area contributed by atoms with E-state index in [1.807, 2.05) is 36.4 Å². The molecule has 0 aromatic heterocycles. The van der Waals surface area contributed by atoms with Gasteiger partial charge in [0, 0.05) is 12.5 Å². The number of alkyl carbamates (subject to hydrolysis) is 1. The zero-order chi connectivity index (χ0) is 22.7. The van der Waals surface area contributed by atoms with Crippen molar-refractivity contribution in [1.29, 1.82) is 0 Å². The number of fused-ring (bicyclic) bond motifs is 3. The first-order valence-electron chi connectivity index (χ1n) is 11.1. The monoisotopic (exact) mass is 436 g/mol. The molecular formula is C25H28N2O5. The highest BCUT2D eigenvalue weighted by Crippen LogP contribution is 2.44. The molecule has 0 heterocycles. The van der Waals surface area contributed by atoms with Crippen LogP contribution in [-0.4, -0.2) is 42.3 Å². The van der Waals surface area contributed by atoms with Gasteiger partial charge in [-0.2, -0.15) is 0 Å². The Labute approximate surface area is 187 Å². The van der Waals surface area contributed by atoms with Gasteiger partial charge < -0.3 is 20.5 Å². The zero-order valence-electron chi connectivity index (χ0n) is 18.0. The van der Waals surface area contributed by atoms with Crippen LogP contribution in [0.3, 0.4) is 0 Å². The van der Waals surface area contributed by atoms with E-state index < -0.39 is 29.9 Å². The molecule has 2 aliphatic carbocycles. The number of amides is 2. The minimum Gasteiger partial charge on any atom is -0.480 e. The number of carbonyl (C=O) groups is 3. The minimum absolute atomic E-state index is 0.0346. The van der Waals surface area contributed by atoms with Crippen molar-refractivity contribution in [3.8, 4) is 11.1 Å². The fraction of sp³-hybridized carbons (Fsp3) is 0.400. The molecule has 0 saturated heterocycles. The predicted molar refractivity (Wildman–Crippen MR) is 119 cm³/mol. The Hall–Kier alpha value is -3.35. The molecule has 0 bridgehead atoms. The van der Waals surface area contributed by atoms with Crippen molar-refractivity contribution >= 4 is 18.0 Å². The van der Waals surface area contributed by atoms with E-state index in [1.54, 1.807) is 6.92 Å². The van der Waals surface area contributed by atoms with Gasteiger partial charge in [0.1, 0.15) is 12.6 Å². The lowest BCUT2D eigenvalue weighted by Gasteiger charge is -2.18. The van der Waals surface area contributed by atoms with Gasteiger partial charge in [0.25, 0.3) is 0 Å². The first-order chi connectivity index (χ1) is 15.4. The van der Waals surface area contributed by atoms with Crippen LogP contribution in [0.2, 0.25) is 0 Å². The van der Waals surface area contributed by atoms with Gasteiger partial charge in [-0.25, -0.2) is 9.59 Å². The molecule has 0 aliphatic heterocycles. The van der Waals surface area contributed by atoms with Gasteiger partial charge in [-0.3, -0.25) is 4.79 Å². The average Bonchev–Trinajstić information content (AvgIpc) is 3.56. The van der Waals surface area contributed by atoms with E-state index in [2.05, 4.69) is 22.8 Å². The molecule has 0 radical (unpaired) electrons. The highest BCUT2D eigenvalue weighted by atomic mass is 16.5. The molecule has 2 amide bonds. The van der Waals surface area contributed by atoms with E-state index in [0.29, 0.717) is 12.3 Å². The topological polar surface area (TPSA) is 105 Å². The number of hydrogen-bond acceptors (Lipinski definition) is 4. The van der Waals surface area contributed by atoms with Crippen LogP contribution in [0.5, 0.6) is 0 Å². The Bertz CT molecular complexity index is 971. The van der Waals surface area contributed by atoms with Crippen LogP contribution in [0.1, 0.15) is 43.2 Å². The van der Waals surface area contributed by atoms with Crippen molar-refractivity contribution in [2.45, 2.75) is 38.1 Å². The minimum atomic E-state index is -1.03. The van der Waals surface area contributed by atoms with Gasteiger partial charge in [-0.1, -0.05) is 68.3 Å². The first-order valence-corrected chi connectivity index (χ1v) is 11.1. The Morgan fingerprint density at radius 1 is 1.03 bits per heavy atom. The summed E-state index contributed by atoms with van der Waals surface area (Å²) < 4.78 is 5.47. The number of nitrogens with one attached hydrogen (secondary N) is 2. The molecule has 0 spiro atoms. The molecule has 1 saturated carbocycles. The molecule has 168 valence electrons. The number of rotatable bonds is 9. The number of hydrogen-bond donors (Lipinski definition) is 3. The van der Waals surface area contributed by atoms with E-state index in [-0.39, 0.29) is 19.1 Å². The van der Waals surface area contributed by atoms with Crippen LogP contribution in [-0.2, 0) is 14.3 Å². The third-order valence-corrected chi connectivity index (χ3v) is 6.22. The van der Waals surface area contributed by atoms with Gasteiger partial charge in [-0.15, -0.1) is 0 Å². The fourth-order valence-corrected chi connectivity index (χ4v) is 4.20. The van der Waals surface area contributed by atoms with E-state index in [4.69, 9.17) is 4.74 Å². The van der Waals surface area contributed by atoms with Gasteiger partial charge in [0.2, 0.25) is 5.91 Å². The van der Waals surface area contributed by atoms with Crippen LogP contribution >= 0.6 is 0 Å². The molecule has 1 fully saturated rings. The lowest BCUT2D eigenvalue weighted by Crippen LogP contribution is -2.45. The van der Waals surface area contributed by atoms with Gasteiger partial charge in [0.15, 0.2) is 0 Å². The van der Waals surface area contributed by atoms with E-state index in [1.165, 1.54) is 0 Å². The maximum Gasteiger partial charge on any atom is 0.407 e.